The van der Waals surface area contributed by atoms with E-state index in [2.05, 4.69) is 37.7 Å². The molecule has 14 nitrogen and oxygen atoms in total. The number of halogens is 4. The van der Waals surface area contributed by atoms with Crippen LogP contribution in [-0.4, -0.2) is 87.4 Å². The molecular weight excluding hydrogens is 853 g/mol. The van der Waals surface area contributed by atoms with Gasteiger partial charge < -0.3 is 20.3 Å². The third-order valence-corrected chi connectivity index (χ3v) is 11.7. The Morgan fingerprint density at radius 1 is 0.953 bits per heavy atom. The molecule has 64 heavy (non-hydrogen) atoms. The van der Waals surface area contributed by atoms with Gasteiger partial charge in [-0.15, -0.1) is 5.10 Å². The molecule has 5 amide bonds. The fourth-order valence-corrected chi connectivity index (χ4v) is 8.32. The van der Waals surface area contributed by atoms with Crippen molar-refractivity contribution in [1.82, 2.24) is 24.8 Å². The number of anilines is 3. The minimum Gasteiger partial charge on any atom is -0.384 e. The number of hydrogen-bond acceptors (Lipinski definition) is 10. The lowest BCUT2D eigenvalue weighted by Crippen LogP contribution is -2.54. The molecule has 3 aliphatic rings. The molecule has 8 rings (SSSR count). The van der Waals surface area contributed by atoms with Crippen molar-refractivity contribution in [3.05, 3.63) is 117 Å². The third-order valence-electron chi connectivity index (χ3n) is 11.5. The van der Waals surface area contributed by atoms with Crippen LogP contribution in [0.5, 0.6) is 0 Å². The second kappa shape index (κ2) is 18.5. The number of nitrogens with one attached hydrogen (secondary N) is 3. The largest absolute Gasteiger partial charge is 0.416 e. The van der Waals surface area contributed by atoms with Crippen molar-refractivity contribution in [3.8, 4) is 11.8 Å². The smallest absolute Gasteiger partial charge is 0.384 e. The molecule has 3 N–H and O–H groups in total. The first-order valence-electron chi connectivity index (χ1n) is 20.9. The minimum absolute atomic E-state index is 0.0606. The van der Waals surface area contributed by atoms with Gasteiger partial charge in [-0.25, -0.2) is 9.50 Å². The Kier molecular flexibility index (Phi) is 12.7. The van der Waals surface area contributed by atoms with Gasteiger partial charge in [-0.05, 0) is 112 Å². The van der Waals surface area contributed by atoms with Crippen LogP contribution < -0.4 is 20.9 Å². The number of carbonyl (C=O) groups excluding carboxylic acids is 5. The lowest BCUT2D eigenvalue weighted by Gasteiger charge is -2.32. The van der Waals surface area contributed by atoms with Crippen LogP contribution in [0.25, 0.3) is 5.65 Å². The average molecular weight is 895 g/mol. The lowest BCUT2D eigenvalue weighted by molar-refractivity contribution is -0.138. The number of rotatable bonds is 12. The predicted molar refractivity (Wildman–Crippen MR) is 231 cm³/mol. The molecule has 18 heteroatoms. The van der Waals surface area contributed by atoms with Gasteiger partial charge in [0.15, 0.2) is 5.65 Å². The number of piperidine rings is 2. The van der Waals surface area contributed by atoms with Gasteiger partial charge in [-0.1, -0.05) is 29.7 Å². The molecule has 2 fully saturated rings. The number of imide groups is 2. The molecule has 2 saturated heterocycles. The van der Waals surface area contributed by atoms with Crippen LogP contribution in [0.2, 0.25) is 5.02 Å². The Morgan fingerprint density at radius 3 is 2.53 bits per heavy atom. The molecule has 0 bridgehead atoms. The van der Waals surface area contributed by atoms with E-state index >= 15 is 0 Å². The van der Waals surface area contributed by atoms with Crippen molar-refractivity contribution in [2.45, 2.75) is 70.2 Å². The summed E-state index contributed by atoms with van der Waals surface area (Å²) in [5.41, 5.74) is 2.45. The first kappa shape index (κ1) is 43.9. The molecule has 2 aromatic heterocycles. The molecule has 1 atom stereocenters. The van der Waals surface area contributed by atoms with E-state index < -0.39 is 47.3 Å². The molecule has 0 radical (unpaired) electrons. The summed E-state index contributed by atoms with van der Waals surface area (Å²) >= 11 is 5.90. The number of benzene rings is 3. The number of amides is 5. The molecule has 3 aliphatic heterocycles. The predicted octanol–water partition coefficient (Wildman–Crippen LogP) is 7.03. The molecule has 0 aliphatic carbocycles. The van der Waals surface area contributed by atoms with Crippen LogP contribution in [0.3, 0.4) is 0 Å². The number of alkyl halides is 3. The van der Waals surface area contributed by atoms with Crippen LogP contribution in [0.15, 0.2) is 72.9 Å². The molecule has 5 heterocycles. The minimum atomic E-state index is -4.63. The van der Waals surface area contributed by atoms with Gasteiger partial charge in [0.1, 0.15) is 17.6 Å². The van der Waals surface area contributed by atoms with Crippen molar-refractivity contribution in [2.24, 2.45) is 0 Å². The highest BCUT2D eigenvalue weighted by Crippen LogP contribution is 2.34. The van der Waals surface area contributed by atoms with Crippen LogP contribution in [0.1, 0.15) is 98.4 Å². The molecule has 5 aromatic rings. The Bertz CT molecular complexity index is 2740. The molecule has 0 spiro atoms. The van der Waals surface area contributed by atoms with Gasteiger partial charge >= 0.3 is 6.18 Å². The summed E-state index contributed by atoms with van der Waals surface area (Å²) in [6.07, 6.45) is 1.46. The lowest BCUT2D eigenvalue weighted by atomic mass is 10.0. The van der Waals surface area contributed by atoms with Crippen molar-refractivity contribution in [2.75, 3.05) is 41.8 Å². The number of aromatic nitrogens is 3. The summed E-state index contributed by atoms with van der Waals surface area (Å²) in [6.45, 7) is 4.39. The highest BCUT2D eigenvalue weighted by molar-refractivity contribution is 6.31. The standard InChI is InChI=1S/C46H42ClF3N8O6/c1-27-28(7-5-8-34(27)42(60)53-31-24-29(46(48,49)50)23-30(47)25-31)11-12-32-26-52-38-14-15-39(55-58(32)38)56-20-17-33(18-21-56)64-22-4-2-3-19-51-36-10-6-9-35-41(36)45(63)57(44(35)62)37-13-16-40(59)54-43(37)61/h5-10,14-15,23-26,33,37,51H,2-4,13,16-22H2,1H3,(H,53,60)(H,54,59,61). The highest BCUT2D eigenvalue weighted by atomic mass is 35.5. The van der Waals surface area contributed by atoms with Crippen LogP contribution in [0.4, 0.5) is 30.4 Å². The highest BCUT2D eigenvalue weighted by Gasteiger charge is 2.45. The first-order chi connectivity index (χ1) is 30.7. The monoisotopic (exact) mass is 894 g/mol. The maximum absolute atomic E-state index is 13.3. The third kappa shape index (κ3) is 9.43. The van der Waals surface area contributed by atoms with Gasteiger partial charge in [-0.2, -0.15) is 13.2 Å². The van der Waals surface area contributed by atoms with E-state index in [1.54, 1.807) is 54.0 Å². The Hall–Kier alpha value is -6.77. The molecule has 330 valence electrons. The summed E-state index contributed by atoms with van der Waals surface area (Å²) in [4.78, 5) is 71.3. The fraction of sp³-hybridized carbons (Fsp3) is 0.326. The number of imidazole rings is 1. The number of unbranched alkanes of at least 4 members (excludes halogenated alkanes) is 2. The molecule has 0 saturated carbocycles. The Morgan fingerprint density at radius 2 is 1.75 bits per heavy atom. The van der Waals surface area contributed by atoms with Crippen LogP contribution in [-0.2, 0) is 20.5 Å². The Balaban J connectivity index is 0.797. The number of nitrogens with zero attached hydrogens (tertiary/aromatic N) is 5. The summed E-state index contributed by atoms with van der Waals surface area (Å²) in [5.74, 6) is 4.24. The average Bonchev–Trinajstić information content (AvgIpc) is 3.79. The summed E-state index contributed by atoms with van der Waals surface area (Å²) < 4.78 is 47.8. The number of fused-ring (bicyclic) bond motifs is 2. The second-order valence-corrected chi connectivity index (χ2v) is 16.2. The van der Waals surface area contributed by atoms with Gasteiger partial charge in [0.2, 0.25) is 11.8 Å². The zero-order valence-corrected chi connectivity index (χ0v) is 35.3. The zero-order chi connectivity index (χ0) is 45.1. The summed E-state index contributed by atoms with van der Waals surface area (Å²) in [6, 6.07) is 15.6. The zero-order valence-electron chi connectivity index (χ0n) is 34.6. The van der Waals surface area contributed by atoms with Gasteiger partial charge in [0, 0.05) is 60.2 Å². The Labute approximate surface area is 370 Å². The van der Waals surface area contributed by atoms with E-state index in [1.165, 1.54) is 6.07 Å². The van der Waals surface area contributed by atoms with E-state index in [1.807, 2.05) is 12.1 Å². The van der Waals surface area contributed by atoms with Crippen LogP contribution in [0, 0.1) is 18.8 Å². The summed E-state index contributed by atoms with van der Waals surface area (Å²) in [5, 5.41) is 12.7. The van der Waals surface area contributed by atoms with Crippen molar-refractivity contribution < 1.29 is 41.9 Å². The van der Waals surface area contributed by atoms with E-state index in [4.69, 9.17) is 21.4 Å². The van der Waals surface area contributed by atoms with E-state index in [-0.39, 0.29) is 46.3 Å². The maximum atomic E-state index is 13.3. The number of hydrogen-bond donors (Lipinski definition) is 3. The normalized spacial score (nSPS) is 16.7. The SMILES string of the molecule is Cc1c(C#Cc2cnc3ccc(N4CCC(OCCCCCNc5cccc6c5C(=O)N(C5CCC(=O)NC5=O)C6=O)CC4)nn23)cccc1C(=O)Nc1cc(Cl)cc(C(F)(F)F)c1. The molecule has 3 aromatic carbocycles. The molecular formula is C46H42ClF3N8O6. The topological polar surface area (TPSA) is 167 Å². The van der Waals surface area contributed by atoms with Crippen molar-refractivity contribution in [1.29, 1.82) is 0 Å². The van der Waals surface area contributed by atoms with Crippen LogP contribution >= 0.6 is 11.6 Å². The number of ether oxygens (including phenoxy) is 1. The van der Waals surface area contributed by atoms with Gasteiger partial charge in [0.25, 0.3) is 17.7 Å². The van der Waals surface area contributed by atoms with Crippen molar-refractivity contribution in [3.63, 3.8) is 0 Å². The molecule has 1 unspecified atom stereocenters. The second-order valence-electron chi connectivity index (χ2n) is 15.7. The van der Waals surface area contributed by atoms with Crippen molar-refractivity contribution >= 4 is 64.0 Å². The quantitative estimate of drug-likeness (QED) is 0.0673. The number of carbonyl (C=O) groups is 5. The van der Waals surface area contributed by atoms with E-state index in [9.17, 15) is 37.1 Å². The fourth-order valence-electron chi connectivity index (χ4n) is 8.08. The van der Waals surface area contributed by atoms with E-state index in [0.717, 1.165) is 68.0 Å². The first-order valence-corrected chi connectivity index (χ1v) is 21.2. The maximum Gasteiger partial charge on any atom is 0.416 e. The summed E-state index contributed by atoms with van der Waals surface area (Å²) in [7, 11) is 0. The van der Waals surface area contributed by atoms with Gasteiger partial charge in [-0.3, -0.25) is 34.2 Å². The van der Waals surface area contributed by atoms with E-state index in [0.29, 0.717) is 41.3 Å². The van der Waals surface area contributed by atoms with Gasteiger partial charge in [0.05, 0.1) is 29.0 Å².